The molecule has 0 aliphatic heterocycles. The van der Waals surface area contributed by atoms with Gasteiger partial charge in [0.1, 0.15) is 0 Å². The second kappa shape index (κ2) is 15.8. The molecule has 0 atom stereocenters. The van der Waals surface area contributed by atoms with Crippen molar-refractivity contribution < 1.29 is 167 Å². The molecule has 32 heavy (non-hydrogen) atoms. The van der Waals surface area contributed by atoms with Crippen molar-refractivity contribution in [2.24, 2.45) is 0 Å². The predicted octanol–water partition coefficient (Wildman–Crippen LogP) is -10.3. The monoisotopic (exact) mass is 515 g/mol. The summed E-state index contributed by atoms with van der Waals surface area (Å²) in [5.41, 5.74) is -6.89. The first-order valence-corrected chi connectivity index (χ1v) is 8.55. The molecule has 0 heterocycles. The van der Waals surface area contributed by atoms with Crippen LogP contribution in [0.5, 0.6) is 0 Å². The van der Waals surface area contributed by atoms with Gasteiger partial charge in [-0.2, -0.15) is 0 Å². The van der Waals surface area contributed by atoms with Gasteiger partial charge in [0.15, 0.2) is 11.2 Å². The van der Waals surface area contributed by atoms with Crippen LogP contribution in [0.15, 0.2) is 0 Å². The summed E-state index contributed by atoms with van der Waals surface area (Å²) in [6.07, 6.45) is -6.83. The van der Waals surface area contributed by atoms with Gasteiger partial charge in [0, 0.05) is 0 Å². The molecule has 7 N–H and O–H groups in total. The van der Waals surface area contributed by atoms with Gasteiger partial charge in [0.05, 0.1) is 25.7 Å². The van der Waals surface area contributed by atoms with Crippen LogP contribution in [0.1, 0.15) is 25.7 Å². The molecule has 0 saturated carbocycles. The fraction of sp³-hybridized carbons (Fsp3) is 0.500. The maximum absolute atomic E-state index is 12.2. The quantitative estimate of drug-likeness (QED) is 0.0835. The van der Waals surface area contributed by atoms with E-state index in [0.29, 0.717) is 0 Å². The number of phosphoric acid groups is 1. The van der Waals surface area contributed by atoms with Crippen molar-refractivity contribution in [1.82, 2.24) is 0 Å². The van der Waals surface area contributed by atoms with E-state index in [1.165, 1.54) is 0 Å². The Morgan fingerprint density at radius 3 is 0.875 bits per heavy atom. The van der Waals surface area contributed by atoms with Crippen molar-refractivity contribution in [3.05, 3.63) is 0 Å². The normalized spacial score (nSPS) is 11.0. The fourth-order valence-electron chi connectivity index (χ4n) is 2.07. The second-order valence-electron chi connectivity index (χ2n) is 5.53. The first-order chi connectivity index (χ1) is 13.0. The Morgan fingerprint density at radius 1 is 0.562 bits per heavy atom. The zero-order valence-electron chi connectivity index (χ0n) is 17.1. The summed E-state index contributed by atoms with van der Waals surface area (Å²) in [5.74, 6) is -12.7. The van der Waals surface area contributed by atoms with E-state index in [1.54, 1.807) is 0 Å². The minimum Gasteiger partial charge on any atom is -0.481 e. The van der Waals surface area contributed by atoms with Gasteiger partial charge in [0.25, 0.3) is 0 Å². The van der Waals surface area contributed by atoms with Crippen molar-refractivity contribution in [3.63, 3.8) is 0 Å². The van der Waals surface area contributed by atoms with Crippen LogP contribution in [0.3, 0.4) is 0 Å². The van der Waals surface area contributed by atoms with E-state index < -0.39 is 80.5 Å². The first kappa shape index (κ1) is 39.2. The van der Waals surface area contributed by atoms with Gasteiger partial charge in [-0.25, -0.2) is 14.2 Å². The van der Waals surface area contributed by atoms with Crippen LogP contribution in [-0.4, -0.2) is 82.6 Å². The van der Waals surface area contributed by atoms with E-state index in [0.717, 1.165) is 0 Å². The molecule has 0 spiro atoms. The van der Waals surface area contributed by atoms with Gasteiger partial charge in [-0.3, -0.25) is 28.2 Å². The fourth-order valence-corrected chi connectivity index (χ4v) is 3.41. The Bertz CT molecular complexity index is 690. The van der Waals surface area contributed by atoms with Crippen LogP contribution >= 0.6 is 7.82 Å². The van der Waals surface area contributed by atoms with E-state index >= 15 is 0 Å². The largest absolute Gasteiger partial charge is 1.00 e. The number of hydrogen-bond acceptors (Lipinski definition) is 9. The van der Waals surface area contributed by atoms with Crippen LogP contribution in [-0.2, 0) is 42.4 Å². The van der Waals surface area contributed by atoms with E-state index in [2.05, 4.69) is 9.05 Å². The van der Waals surface area contributed by atoms with Crippen molar-refractivity contribution in [2.75, 3.05) is 0 Å². The minimum absolute atomic E-state index is 0. The SMILES string of the molecule is O=C(O)CC(CC(=O)O)(OP(=O)(O)OC(CC(=O)O)(CC(=O)O)C(=O)O)C(=O)O.[Na+].[Na+].[Na+]. The van der Waals surface area contributed by atoms with Gasteiger partial charge in [-0.1, -0.05) is 0 Å². The number of carboxylic acids is 6. The van der Waals surface area contributed by atoms with Gasteiger partial charge in [-0.15, -0.1) is 0 Å². The standard InChI is InChI=1S/C12H15O16P.3Na/c13-5(14)1-11(9(21)22,2-6(15)16)27-29(25,26)28-12(10(23)24,3-7(17)18)4-8(19)20;;;/h1-4H2,(H,13,14)(H,15,16)(H,17,18)(H,19,20)(H,21,22)(H,23,24)(H,25,26);;;/q;3*+1. The van der Waals surface area contributed by atoms with Crippen molar-refractivity contribution in [2.45, 2.75) is 36.9 Å². The number of rotatable bonds is 14. The van der Waals surface area contributed by atoms with Gasteiger partial charge < -0.3 is 35.5 Å². The van der Waals surface area contributed by atoms with E-state index in [4.69, 9.17) is 30.6 Å². The molecule has 0 saturated heterocycles. The molecular weight excluding hydrogens is 500 g/mol. The Kier molecular flexibility index (Phi) is 19.3. The van der Waals surface area contributed by atoms with E-state index in [-0.39, 0.29) is 88.7 Å². The van der Waals surface area contributed by atoms with Gasteiger partial charge >= 0.3 is 132 Å². The Morgan fingerprint density at radius 2 is 0.750 bits per heavy atom. The molecule has 0 aromatic rings. The molecule has 16 nitrogen and oxygen atoms in total. The van der Waals surface area contributed by atoms with Crippen molar-refractivity contribution in [3.8, 4) is 0 Å². The molecule has 0 unspecified atom stereocenters. The number of carboxylic acid groups (broad SMARTS) is 6. The third-order valence-electron chi connectivity index (χ3n) is 3.11. The van der Waals surface area contributed by atoms with Crippen molar-refractivity contribution in [1.29, 1.82) is 0 Å². The van der Waals surface area contributed by atoms with E-state index in [1.807, 2.05) is 0 Å². The summed E-state index contributed by atoms with van der Waals surface area (Å²) in [5, 5.41) is 53.4. The molecule has 0 radical (unpaired) electrons. The summed E-state index contributed by atoms with van der Waals surface area (Å²) in [4.78, 5) is 76.0. The Hall–Kier alpha value is -0.0700. The number of carbonyl (C=O) groups is 6. The minimum atomic E-state index is -6.08. The summed E-state index contributed by atoms with van der Waals surface area (Å²) < 4.78 is 20.5. The third kappa shape index (κ3) is 13.0. The average Bonchev–Trinajstić information content (AvgIpc) is 2.41. The molecule has 164 valence electrons. The first-order valence-electron chi connectivity index (χ1n) is 7.05. The summed E-state index contributed by atoms with van der Waals surface area (Å²) in [6.45, 7) is 0. The molecule has 0 aliphatic rings. The smallest absolute Gasteiger partial charge is 0.481 e. The molecular formula is C12H15Na3O16P+3. The number of phosphoric ester groups is 1. The molecule has 20 heteroatoms. The topological polar surface area (TPSA) is 280 Å². The van der Waals surface area contributed by atoms with Gasteiger partial charge in [0.2, 0.25) is 0 Å². The van der Waals surface area contributed by atoms with Crippen LogP contribution in [0.25, 0.3) is 0 Å². The Labute approximate surface area is 244 Å². The maximum atomic E-state index is 12.2. The molecule has 0 fully saturated rings. The van der Waals surface area contributed by atoms with E-state index in [9.17, 15) is 38.2 Å². The van der Waals surface area contributed by atoms with Gasteiger partial charge in [-0.05, 0) is 0 Å². The summed E-state index contributed by atoms with van der Waals surface area (Å²) >= 11 is 0. The second-order valence-corrected chi connectivity index (χ2v) is 6.83. The maximum Gasteiger partial charge on any atom is 1.00 e. The molecule has 0 bridgehead atoms. The van der Waals surface area contributed by atoms with Crippen LogP contribution in [0.4, 0.5) is 0 Å². The van der Waals surface area contributed by atoms with Crippen molar-refractivity contribution >= 4 is 43.6 Å². The number of hydrogen-bond donors (Lipinski definition) is 7. The molecule has 0 aliphatic carbocycles. The van der Waals surface area contributed by atoms with Crippen LogP contribution in [0, 0.1) is 0 Å². The predicted molar refractivity (Wildman–Crippen MR) is 81.7 cm³/mol. The number of aliphatic carboxylic acids is 6. The van der Waals surface area contributed by atoms with Crippen LogP contribution < -0.4 is 88.7 Å². The zero-order chi connectivity index (χ0) is 23.2. The summed E-state index contributed by atoms with van der Waals surface area (Å²) in [7, 11) is -6.08. The molecule has 0 aromatic heterocycles. The molecule has 0 aromatic carbocycles. The molecule has 0 rings (SSSR count). The Balaban J connectivity index is -0.00000131. The summed E-state index contributed by atoms with van der Waals surface area (Å²) in [6, 6.07) is 0. The van der Waals surface area contributed by atoms with Crippen LogP contribution in [0.2, 0.25) is 0 Å². The molecule has 0 amide bonds. The average molecular weight is 515 g/mol. The third-order valence-corrected chi connectivity index (χ3v) is 4.27. The zero-order valence-corrected chi connectivity index (χ0v) is 24.0.